The van der Waals surface area contributed by atoms with E-state index in [4.69, 9.17) is 22.1 Å². The minimum atomic E-state index is 0.401. The molecule has 1 fully saturated rings. The highest BCUT2D eigenvalue weighted by Crippen LogP contribution is 2.24. The Hall–Kier alpha value is -1.04. The molecule has 0 aromatic carbocycles. The molecule has 5 nitrogen and oxygen atoms in total. The minimum absolute atomic E-state index is 0.401. The Balaban J connectivity index is 1.93. The van der Waals surface area contributed by atoms with Crippen molar-refractivity contribution in [1.29, 1.82) is 0 Å². The molecular formula is C14H23ClN4O. The molecule has 0 spiro atoms. The summed E-state index contributed by atoms with van der Waals surface area (Å²) < 4.78 is 5.41. The van der Waals surface area contributed by atoms with Crippen LogP contribution in [0.3, 0.4) is 0 Å². The highest BCUT2D eigenvalue weighted by atomic mass is 35.5. The molecule has 0 bridgehead atoms. The second kappa shape index (κ2) is 7.11. The topological polar surface area (TPSA) is 54.6 Å². The van der Waals surface area contributed by atoms with Crippen LogP contribution in [0.4, 0.5) is 11.5 Å². The van der Waals surface area contributed by atoms with Gasteiger partial charge >= 0.3 is 0 Å². The molecule has 6 heteroatoms. The lowest BCUT2D eigenvalue weighted by molar-refractivity contribution is 0.106. The number of pyridine rings is 1. The fourth-order valence-electron chi connectivity index (χ4n) is 2.51. The number of aromatic nitrogens is 1. The maximum Gasteiger partial charge on any atom is 0.130 e. The van der Waals surface area contributed by atoms with Crippen LogP contribution in [0.1, 0.15) is 13.8 Å². The lowest BCUT2D eigenvalue weighted by atomic mass is 10.2. The number of rotatable bonds is 5. The Morgan fingerprint density at radius 1 is 1.50 bits per heavy atom. The van der Waals surface area contributed by atoms with E-state index in [9.17, 15) is 0 Å². The maximum atomic E-state index is 5.92. The van der Waals surface area contributed by atoms with E-state index >= 15 is 0 Å². The third-order valence-electron chi connectivity index (χ3n) is 3.63. The second-order valence-corrected chi connectivity index (χ2v) is 5.51. The smallest absolute Gasteiger partial charge is 0.130 e. The first kappa shape index (κ1) is 15.4. The number of halogens is 1. The molecule has 0 amide bonds. The molecule has 1 aliphatic rings. The third-order valence-corrected chi connectivity index (χ3v) is 3.95. The molecule has 112 valence electrons. The van der Waals surface area contributed by atoms with Crippen LogP contribution in [-0.4, -0.2) is 55.3 Å². The number of hydrogen-bond acceptors (Lipinski definition) is 5. The van der Waals surface area contributed by atoms with Gasteiger partial charge in [0, 0.05) is 51.1 Å². The second-order valence-electron chi connectivity index (χ2n) is 5.10. The Morgan fingerprint density at radius 3 is 2.95 bits per heavy atom. The van der Waals surface area contributed by atoms with Gasteiger partial charge in [-0.3, -0.25) is 4.90 Å². The quantitative estimate of drug-likeness (QED) is 0.841. The zero-order valence-electron chi connectivity index (χ0n) is 12.2. The monoisotopic (exact) mass is 298 g/mol. The predicted octanol–water partition coefficient (Wildman–Crippen LogP) is 1.86. The average Bonchev–Trinajstić information content (AvgIpc) is 2.43. The number of hydrogen-bond donors (Lipinski definition) is 1. The van der Waals surface area contributed by atoms with E-state index in [1.54, 1.807) is 6.20 Å². The van der Waals surface area contributed by atoms with Gasteiger partial charge in [-0.25, -0.2) is 4.98 Å². The molecule has 1 aliphatic heterocycles. The van der Waals surface area contributed by atoms with Crippen molar-refractivity contribution in [3.63, 3.8) is 0 Å². The standard InChI is InChI=1S/C14H23ClN4O/c1-3-20-7-6-18-4-5-19(11(2)10-18)14-8-13(16)12(15)9-17-14/h8-9,11H,3-7,10H2,1-2H3,(H2,16,17). The summed E-state index contributed by atoms with van der Waals surface area (Å²) in [7, 11) is 0. The summed E-state index contributed by atoms with van der Waals surface area (Å²) in [6.45, 7) is 9.78. The van der Waals surface area contributed by atoms with E-state index in [0.29, 0.717) is 16.8 Å². The van der Waals surface area contributed by atoms with Crippen molar-refractivity contribution in [3.8, 4) is 0 Å². The van der Waals surface area contributed by atoms with Gasteiger partial charge in [0.05, 0.1) is 17.3 Å². The van der Waals surface area contributed by atoms with Gasteiger partial charge in [0.25, 0.3) is 0 Å². The highest BCUT2D eigenvalue weighted by molar-refractivity contribution is 6.32. The molecule has 2 rings (SSSR count). The number of nitrogens with zero attached hydrogens (tertiary/aromatic N) is 3. The largest absolute Gasteiger partial charge is 0.397 e. The summed E-state index contributed by atoms with van der Waals surface area (Å²) in [5.41, 5.74) is 6.44. The summed E-state index contributed by atoms with van der Waals surface area (Å²) in [4.78, 5) is 9.09. The Labute approximate surface area is 125 Å². The lowest BCUT2D eigenvalue weighted by Crippen LogP contribution is -2.52. The van der Waals surface area contributed by atoms with Crippen LogP contribution < -0.4 is 10.6 Å². The molecular weight excluding hydrogens is 276 g/mol. The van der Waals surface area contributed by atoms with Gasteiger partial charge in [0.1, 0.15) is 5.82 Å². The molecule has 1 aromatic rings. The van der Waals surface area contributed by atoms with E-state index < -0.39 is 0 Å². The molecule has 2 heterocycles. The zero-order chi connectivity index (χ0) is 14.5. The molecule has 1 saturated heterocycles. The first-order valence-electron chi connectivity index (χ1n) is 7.09. The van der Waals surface area contributed by atoms with Gasteiger partial charge in [-0.05, 0) is 13.8 Å². The number of piperazine rings is 1. The third kappa shape index (κ3) is 3.75. The van der Waals surface area contributed by atoms with E-state index in [2.05, 4.69) is 21.7 Å². The van der Waals surface area contributed by atoms with E-state index in [1.165, 1.54) is 0 Å². The highest BCUT2D eigenvalue weighted by Gasteiger charge is 2.24. The van der Waals surface area contributed by atoms with Crippen molar-refractivity contribution >= 4 is 23.1 Å². The average molecular weight is 299 g/mol. The van der Waals surface area contributed by atoms with Crippen LogP contribution in [0.25, 0.3) is 0 Å². The number of nitrogen functional groups attached to an aromatic ring is 1. The van der Waals surface area contributed by atoms with Crippen LogP contribution in [0.15, 0.2) is 12.3 Å². The van der Waals surface area contributed by atoms with Crippen molar-refractivity contribution in [2.75, 3.05) is 50.0 Å². The van der Waals surface area contributed by atoms with E-state index in [1.807, 2.05) is 13.0 Å². The molecule has 1 atom stereocenters. The van der Waals surface area contributed by atoms with Gasteiger partial charge < -0.3 is 15.4 Å². The summed E-state index contributed by atoms with van der Waals surface area (Å²) in [6, 6.07) is 2.26. The van der Waals surface area contributed by atoms with Gasteiger partial charge in [-0.15, -0.1) is 0 Å². The summed E-state index contributed by atoms with van der Waals surface area (Å²) >= 11 is 5.92. The van der Waals surface area contributed by atoms with Crippen molar-refractivity contribution in [1.82, 2.24) is 9.88 Å². The number of ether oxygens (including phenoxy) is 1. The van der Waals surface area contributed by atoms with Crippen LogP contribution in [-0.2, 0) is 4.74 Å². The molecule has 0 saturated carbocycles. The zero-order valence-corrected chi connectivity index (χ0v) is 12.9. The first-order valence-corrected chi connectivity index (χ1v) is 7.47. The molecule has 0 aliphatic carbocycles. The normalized spacial score (nSPS) is 20.4. The van der Waals surface area contributed by atoms with E-state index in [0.717, 1.165) is 45.2 Å². The maximum absolute atomic E-state index is 5.92. The van der Waals surface area contributed by atoms with Crippen molar-refractivity contribution in [2.24, 2.45) is 0 Å². The number of nitrogens with two attached hydrogens (primary N) is 1. The minimum Gasteiger partial charge on any atom is -0.397 e. The fraction of sp³-hybridized carbons (Fsp3) is 0.643. The van der Waals surface area contributed by atoms with Crippen molar-refractivity contribution < 1.29 is 4.74 Å². The SMILES string of the molecule is CCOCCN1CCN(c2cc(N)c(Cl)cn2)C(C)C1. The summed E-state index contributed by atoms with van der Waals surface area (Å²) in [6.07, 6.45) is 1.63. The summed E-state index contributed by atoms with van der Waals surface area (Å²) in [5.74, 6) is 0.906. The molecule has 1 aromatic heterocycles. The number of anilines is 2. The lowest BCUT2D eigenvalue weighted by Gasteiger charge is -2.40. The Morgan fingerprint density at radius 2 is 2.30 bits per heavy atom. The van der Waals surface area contributed by atoms with Crippen LogP contribution in [0.2, 0.25) is 5.02 Å². The summed E-state index contributed by atoms with van der Waals surface area (Å²) in [5, 5.41) is 0.511. The first-order chi connectivity index (χ1) is 9.61. The molecule has 2 N–H and O–H groups in total. The fourth-order valence-corrected chi connectivity index (χ4v) is 2.62. The van der Waals surface area contributed by atoms with Gasteiger partial charge in [-0.2, -0.15) is 0 Å². The van der Waals surface area contributed by atoms with Crippen molar-refractivity contribution in [2.45, 2.75) is 19.9 Å². The Kier molecular flexibility index (Phi) is 5.46. The van der Waals surface area contributed by atoms with Gasteiger partial charge in [0.15, 0.2) is 0 Å². The molecule has 1 unspecified atom stereocenters. The Bertz CT molecular complexity index is 443. The van der Waals surface area contributed by atoms with E-state index in [-0.39, 0.29) is 0 Å². The predicted molar refractivity (Wildman–Crippen MR) is 83.4 cm³/mol. The van der Waals surface area contributed by atoms with Crippen LogP contribution in [0.5, 0.6) is 0 Å². The van der Waals surface area contributed by atoms with Crippen LogP contribution in [0, 0.1) is 0 Å². The van der Waals surface area contributed by atoms with Gasteiger partial charge in [-0.1, -0.05) is 11.6 Å². The van der Waals surface area contributed by atoms with Crippen molar-refractivity contribution in [3.05, 3.63) is 17.3 Å². The molecule has 0 radical (unpaired) electrons. The van der Waals surface area contributed by atoms with Crippen LogP contribution >= 0.6 is 11.6 Å². The van der Waals surface area contributed by atoms with Gasteiger partial charge in [0.2, 0.25) is 0 Å². The molecule has 20 heavy (non-hydrogen) atoms.